The zero-order valence-corrected chi connectivity index (χ0v) is 12.0. The van der Waals surface area contributed by atoms with Gasteiger partial charge in [-0.15, -0.1) is 0 Å². The average molecular weight is 337 g/mol. The molecule has 0 aliphatic carbocycles. The molecule has 0 aromatic heterocycles. The van der Waals surface area contributed by atoms with Crippen LogP contribution >= 0.6 is 15.9 Å². The summed E-state index contributed by atoms with van der Waals surface area (Å²) in [4.78, 5) is 11.0. The highest BCUT2D eigenvalue weighted by atomic mass is 79.9. The fraction of sp³-hybridized carbons (Fsp3) is 0.300. The molecule has 0 aliphatic heterocycles. The normalized spacial score (nSPS) is 11.2. The van der Waals surface area contributed by atoms with Gasteiger partial charge in [-0.25, -0.2) is 17.9 Å². The quantitative estimate of drug-likeness (QED) is 0.723. The van der Waals surface area contributed by atoms with Gasteiger partial charge in [0.2, 0.25) is 10.0 Å². The third-order valence-electron chi connectivity index (χ3n) is 2.21. The molecule has 0 bridgehead atoms. The lowest BCUT2D eigenvalue weighted by Crippen LogP contribution is -2.26. The van der Waals surface area contributed by atoms with Crippen molar-refractivity contribution in [2.45, 2.75) is 0 Å². The van der Waals surface area contributed by atoms with E-state index in [4.69, 9.17) is 5.11 Å². The third-order valence-corrected chi connectivity index (χ3v) is 4.07. The van der Waals surface area contributed by atoms with E-state index in [1.807, 2.05) is 0 Å². The first-order valence-corrected chi connectivity index (χ1v) is 7.48. The summed E-state index contributed by atoms with van der Waals surface area (Å²) in [6.45, 7) is 0.130. The van der Waals surface area contributed by atoms with Gasteiger partial charge in [-0.1, -0.05) is 15.9 Å². The predicted molar refractivity (Wildman–Crippen MR) is 72.4 cm³/mol. The number of anilines is 1. The Morgan fingerprint density at radius 3 is 2.67 bits per heavy atom. The molecular weight excluding hydrogens is 324 g/mol. The second kappa shape index (κ2) is 6.17. The van der Waals surface area contributed by atoms with Crippen molar-refractivity contribution in [3.63, 3.8) is 0 Å². The summed E-state index contributed by atoms with van der Waals surface area (Å²) >= 11 is 3.18. The molecule has 0 radical (unpaired) electrons. The minimum Gasteiger partial charge on any atom is -0.478 e. The first-order valence-electron chi connectivity index (χ1n) is 5.03. The van der Waals surface area contributed by atoms with E-state index >= 15 is 0 Å². The van der Waals surface area contributed by atoms with E-state index in [1.165, 1.54) is 13.1 Å². The molecule has 1 aromatic carbocycles. The van der Waals surface area contributed by atoms with Crippen LogP contribution < -0.4 is 10.0 Å². The molecule has 1 aromatic rings. The number of sulfonamides is 1. The maximum Gasteiger partial charge on any atom is 0.337 e. The third kappa shape index (κ3) is 4.28. The van der Waals surface area contributed by atoms with Crippen molar-refractivity contribution in [3.05, 3.63) is 28.2 Å². The van der Waals surface area contributed by atoms with Crippen LogP contribution in [0.4, 0.5) is 5.69 Å². The van der Waals surface area contributed by atoms with Crippen molar-refractivity contribution in [2.24, 2.45) is 0 Å². The fourth-order valence-electron chi connectivity index (χ4n) is 1.27. The van der Waals surface area contributed by atoms with E-state index < -0.39 is 16.0 Å². The Kier molecular flexibility index (Phi) is 5.12. The molecule has 18 heavy (non-hydrogen) atoms. The predicted octanol–water partition coefficient (Wildman–Crippen LogP) is 1.11. The lowest BCUT2D eigenvalue weighted by atomic mass is 10.2. The molecular formula is C10H13BrN2O4S. The Morgan fingerprint density at radius 2 is 2.11 bits per heavy atom. The summed E-state index contributed by atoms with van der Waals surface area (Å²) in [5, 5.41) is 11.8. The maximum absolute atomic E-state index is 11.2. The molecule has 0 saturated carbocycles. The monoisotopic (exact) mass is 336 g/mol. The topological polar surface area (TPSA) is 95.5 Å². The fourth-order valence-corrected chi connectivity index (χ4v) is 2.21. The van der Waals surface area contributed by atoms with Crippen LogP contribution in [0.2, 0.25) is 0 Å². The number of hydrogen-bond acceptors (Lipinski definition) is 4. The van der Waals surface area contributed by atoms with Gasteiger partial charge in [-0.3, -0.25) is 0 Å². The first kappa shape index (κ1) is 14.9. The van der Waals surface area contributed by atoms with Crippen LogP contribution in [0.25, 0.3) is 0 Å². The summed E-state index contributed by atoms with van der Waals surface area (Å²) < 4.78 is 25.2. The lowest BCUT2D eigenvalue weighted by Gasteiger charge is -2.10. The van der Waals surface area contributed by atoms with Crippen molar-refractivity contribution in [2.75, 3.05) is 24.7 Å². The van der Waals surface area contributed by atoms with Gasteiger partial charge in [0.1, 0.15) is 0 Å². The number of nitrogens with one attached hydrogen (secondary N) is 2. The van der Waals surface area contributed by atoms with Gasteiger partial charge in [0.05, 0.1) is 11.3 Å². The summed E-state index contributed by atoms with van der Waals surface area (Å²) in [6.07, 6.45) is 0. The van der Waals surface area contributed by atoms with Crippen LogP contribution in [-0.4, -0.2) is 38.8 Å². The number of benzene rings is 1. The highest BCUT2D eigenvalue weighted by molar-refractivity contribution is 9.10. The number of carboxylic acid groups (broad SMARTS) is 1. The maximum atomic E-state index is 11.2. The molecule has 8 heteroatoms. The summed E-state index contributed by atoms with van der Waals surface area (Å²) in [5.74, 6) is -1.20. The molecule has 0 spiro atoms. The van der Waals surface area contributed by atoms with Gasteiger partial charge in [0.15, 0.2) is 0 Å². The molecule has 0 fully saturated rings. The minimum atomic E-state index is -3.30. The van der Waals surface area contributed by atoms with Gasteiger partial charge >= 0.3 is 5.97 Å². The Labute approximate surface area is 114 Å². The second-order valence-corrected chi connectivity index (χ2v) is 6.41. The van der Waals surface area contributed by atoms with E-state index in [0.717, 1.165) is 0 Å². The number of carboxylic acids is 1. The van der Waals surface area contributed by atoms with E-state index in [-0.39, 0.29) is 17.9 Å². The molecule has 0 atom stereocenters. The summed E-state index contributed by atoms with van der Waals surface area (Å²) in [7, 11) is -1.97. The van der Waals surface area contributed by atoms with Crippen LogP contribution in [-0.2, 0) is 10.0 Å². The standard InChI is InChI=1S/C10H13BrN2O4S/c1-12-18(16,17)5-4-13-9-3-2-7(11)6-8(9)10(14)15/h2-3,6,12-13H,4-5H2,1H3,(H,14,15). The smallest absolute Gasteiger partial charge is 0.337 e. The Hall–Kier alpha value is -1.12. The molecule has 3 N–H and O–H groups in total. The van der Waals surface area contributed by atoms with Crippen LogP contribution in [0.15, 0.2) is 22.7 Å². The number of aromatic carboxylic acids is 1. The van der Waals surface area contributed by atoms with E-state index in [9.17, 15) is 13.2 Å². The number of hydrogen-bond donors (Lipinski definition) is 3. The molecule has 0 heterocycles. The van der Waals surface area contributed by atoms with Crippen molar-refractivity contribution >= 4 is 37.6 Å². The van der Waals surface area contributed by atoms with Gasteiger partial charge < -0.3 is 10.4 Å². The minimum absolute atomic E-state index is 0.0891. The Morgan fingerprint density at radius 1 is 1.44 bits per heavy atom. The van der Waals surface area contributed by atoms with E-state index in [1.54, 1.807) is 12.1 Å². The number of halogens is 1. The molecule has 6 nitrogen and oxygen atoms in total. The van der Waals surface area contributed by atoms with E-state index in [0.29, 0.717) is 10.2 Å². The second-order valence-electron chi connectivity index (χ2n) is 3.44. The molecule has 1 rings (SSSR count). The molecule has 100 valence electrons. The van der Waals surface area contributed by atoms with Crippen molar-refractivity contribution in [3.8, 4) is 0 Å². The first-order chi connectivity index (χ1) is 8.35. The highest BCUT2D eigenvalue weighted by Gasteiger charge is 2.11. The molecule has 0 saturated heterocycles. The van der Waals surface area contributed by atoms with Crippen molar-refractivity contribution < 1.29 is 18.3 Å². The SMILES string of the molecule is CNS(=O)(=O)CCNc1ccc(Br)cc1C(=O)O. The van der Waals surface area contributed by atoms with Gasteiger partial charge in [0, 0.05) is 16.7 Å². The largest absolute Gasteiger partial charge is 0.478 e. The van der Waals surface area contributed by atoms with Crippen molar-refractivity contribution in [1.29, 1.82) is 0 Å². The Bertz CT molecular complexity index is 545. The number of rotatable bonds is 6. The van der Waals surface area contributed by atoms with Crippen molar-refractivity contribution in [1.82, 2.24) is 4.72 Å². The van der Waals surface area contributed by atoms with Gasteiger partial charge in [0.25, 0.3) is 0 Å². The lowest BCUT2D eigenvalue weighted by molar-refractivity contribution is 0.0698. The average Bonchev–Trinajstić information content (AvgIpc) is 2.30. The van der Waals surface area contributed by atoms with Crippen LogP contribution in [0.1, 0.15) is 10.4 Å². The summed E-state index contributed by atoms with van der Waals surface area (Å²) in [6, 6.07) is 4.72. The summed E-state index contributed by atoms with van der Waals surface area (Å²) in [5.41, 5.74) is 0.475. The number of carbonyl (C=O) groups is 1. The molecule has 0 amide bonds. The van der Waals surface area contributed by atoms with E-state index in [2.05, 4.69) is 26.0 Å². The zero-order valence-electron chi connectivity index (χ0n) is 9.60. The molecule has 0 aliphatic rings. The van der Waals surface area contributed by atoms with Gasteiger partial charge in [-0.2, -0.15) is 0 Å². The Balaban J connectivity index is 2.77. The van der Waals surface area contributed by atoms with Gasteiger partial charge in [-0.05, 0) is 25.2 Å². The van der Waals surface area contributed by atoms with Crippen LogP contribution in [0.3, 0.4) is 0 Å². The zero-order chi connectivity index (χ0) is 13.8. The van der Waals surface area contributed by atoms with Crippen LogP contribution in [0.5, 0.6) is 0 Å². The van der Waals surface area contributed by atoms with Crippen LogP contribution in [0, 0.1) is 0 Å². The highest BCUT2D eigenvalue weighted by Crippen LogP contribution is 2.20. The molecule has 0 unspecified atom stereocenters.